The summed E-state index contributed by atoms with van der Waals surface area (Å²) < 4.78 is 11.3. The van der Waals surface area contributed by atoms with Crippen molar-refractivity contribution in [3.05, 3.63) is 52.6 Å². The molecule has 6 nitrogen and oxygen atoms in total. The Morgan fingerprint density at radius 2 is 1.90 bits per heavy atom. The highest BCUT2D eigenvalue weighted by molar-refractivity contribution is 5.61. The number of nitrogen functional groups attached to an aromatic ring is 1. The van der Waals surface area contributed by atoms with E-state index in [1.54, 1.807) is 12.1 Å². The molecule has 0 spiro atoms. The average molecular weight is 288 g/mol. The molecule has 6 heteroatoms. The van der Waals surface area contributed by atoms with E-state index < -0.39 is 4.92 Å². The fourth-order valence-electron chi connectivity index (χ4n) is 1.76. The van der Waals surface area contributed by atoms with Gasteiger partial charge in [-0.3, -0.25) is 10.1 Å². The monoisotopic (exact) mass is 288 g/mol. The van der Waals surface area contributed by atoms with Gasteiger partial charge in [0.15, 0.2) is 11.5 Å². The molecule has 0 unspecified atom stereocenters. The van der Waals surface area contributed by atoms with Gasteiger partial charge in [-0.05, 0) is 24.6 Å². The Morgan fingerprint density at radius 3 is 2.52 bits per heavy atom. The van der Waals surface area contributed by atoms with Crippen LogP contribution in [0, 0.1) is 10.1 Å². The van der Waals surface area contributed by atoms with Crippen molar-refractivity contribution in [3.63, 3.8) is 0 Å². The Labute approximate surface area is 122 Å². The minimum absolute atomic E-state index is 0.0597. The van der Waals surface area contributed by atoms with Crippen molar-refractivity contribution in [1.82, 2.24) is 0 Å². The molecule has 21 heavy (non-hydrogen) atoms. The Bertz CT molecular complexity index is 643. The SMILES string of the molecule is CCCOc1ccccc1Oc1ccc([N+](=O)[O-])c(N)c1. The highest BCUT2D eigenvalue weighted by Crippen LogP contribution is 2.34. The lowest BCUT2D eigenvalue weighted by Gasteiger charge is -2.12. The second-order valence-corrected chi connectivity index (χ2v) is 4.37. The number of para-hydroxylation sites is 2. The van der Waals surface area contributed by atoms with Gasteiger partial charge in [0.25, 0.3) is 5.69 Å². The van der Waals surface area contributed by atoms with E-state index in [1.165, 1.54) is 18.2 Å². The summed E-state index contributed by atoms with van der Waals surface area (Å²) >= 11 is 0. The van der Waals surface area contributed by atoms with Crippen LogP contribution in [0.25, 0.3) is 0 Å². The van der Waals surface area contributed by atoms with E-state index >= 15 is 0 Å². The number of rotatable bonds is 6. The first-order valence-electron chi connectivity index (χ1n) is 6.55. The molecule has 0 heterocycles. The quantitative estimate of drug-likeness (QED) is 0.496. The molecule has 0 radical (unpaired) electrons. The van der Waals surface area contributed by atoms with Crippen molar-refractivity contribution in [2.75, 3.05) is 12.3 Å². The Hall–Kier alpha value is -2.76. The second kappa shape index (κ2) is 6.60. The van der Waals surface area contributed by atoms with Gasteiger partial charge in [-0.25, -0.2) is 0 Å². The fraction of sp³-hybridized carbons (Fsp3) is 0.200. The molecule has 0 fully saturated rings. The molecular formula is C15H16N2O4. The van der Waals surface area contributed by atoms with Crippen molar-refractivity contribution in [3.8, 4) is 17.2 Å². The molecule has 0 aliphatic rings. The topological polar surface area (TPSA) is 87.6 Å². The van der Waals surface area contributed by atoms with Crippen LogP contribution in [0.15, 0.2) is 42.5 Å². The highest BCUT2D eigenvalue weighted by Gasteiger charge is 2.13. The summed E-state index contributed by atoms with van der Waals surface area (Å²) in [5.41, 5.74) is 5.56. The van der Waals surface area contributed by atoms with Crippen LogP contribution in [-0.4, -0.2) is 11.5 Å². The molecule has 2 aromatic rings. The lowest BCUT2D eigenvalue weighted by molar-refractivity contribution is -0.383. The molecule has 0 bridgehead atoms. The van der Waals surface area contributed by atoms with Crippen LogP contribution in [0.2, 0.25) is 0 Å². The third-order valence-corrected chi connectivity index (χ3v) is 2.73. The summed E-state index contributed by atoms with van der Waals surface area (Å²) in [6.45, 7) is 2.60. The number of benzene rings is 2. The second-order valence-electron chi connectivity index (χ2n) is 4.37. The largest absolute Gasteiger partial charge is 0.490 e. The van der Waals surface area contributed by atoms with Gasteiger partial charge >= 0.3 is 0 Å². The lowest BCUT2D eigenvalue weighted by Crippen LogP contribution is -1.98. The molecule has 0 aliphatic heterocycles. The van der Waals surface area contributed by atoms with Crippen molar-refractivity contribution in [2.24, 2.45) is 0 Å². The van der Waals surface area contributed by atoms with Gasteiger partial charge < -0.3 is 15.2 Å². The summed E-state index contributed by atoms with van der Waals surface area (Å²) in [4.78, 5) is 10.2. The van der Waals surface area contributed by atoms with Gasteiger partial charge in [0.05, 0.1) is 11.5 Å². The third kappa shape index (κ3) is 3.62. The van der Waals surface area contributed by atoms with Crippen LogP contribution >= 0.6 is 0 Å². The van der Waals surface area contributed by atoms with Gasteiger partial charge in [0, 0.05) is 12.1 Å². The standard InChI is InChI=1S/C15H16N2O4/c1-2-9-20-14-5-3-4-6-15(14)21-11-7-8-13(17(18)19)12(16)10-11/h3-8,10H,2,9,16H2,1H3. The zero-order valence-electron chi connectivity index (χ0n) is 11.6. The zero-order chi connectivity index (χ0) is 15.2. The number of ether oxygens (including phenoxy) is 2. The Morgan fingerprint density at radius 1 is 1.19 bits per heavy atom. The first-order chi connectivity index (χ1) is 10.1. The van der Waals surface area contributed by atoms with Crippen LogP contribution in [0.1, 0.15) is 13.3 Å². The van der Waals surface area contributed by atoms with Crippen LogP contribution in [-0.2, 0) is 0 Å². The minimum atomic E-state index is -0.530. The van der Waals surface area contributed by atoms with E-state index in [0.717, 1.165) is 6.42 Å². The summed E-state index contributed by atoms with van der Waals surface area (Å²) in [6.07, 6.45) is 0.888. The molecular weight excluding hydrogens is 272 g/mol. The van der Waals surface area contributed by atoms with E-state index in [9.17, 15) is 10.1 Å². The predicted molar refractivity (Wildman–Crippen MR) is 79.8 cm³/mol. The van der Waals surface area contributed by atoms with Gasteiger partial charge in [-0.2, -0.15) is 0 Å². The number of nitro groups is 1. The maximum absolute atomic E-state index is 10.7. The van der Waals surface area contributed by atoms with Crippen molar-refractivity contribution in [1.29, 1.82) is 0 Å². The van der Waals surface area contributed by atoms with Crippen LogP contribution in [0.5, 0.6) is 17.2 Å². The first kappa shape index (κ1) is 14.6. The number of nitro benzene ring substituents is 1. The summed E-state index contributed by atoms with van der Waals surface area (Å²) in [5.74, 6) is 1.58. The highest BCUT2D eigenvalue weighted by atomic mass is 16.6. The van der Waals surface area contributed by atoms with E-state index in [1.807, 2.05) is 19.1 Å². The Balaban J connectivity index is 2.22. The molecule has 2 aromatic carbocycles. The molecule has 2 rings (SSSR count). The molecule has 0 aromatic heterocycles. The average Bonchev–Trinajstić information content (AvgIpc) is 2.46. The normalized spacial score (nSPS) is 10.1. The third-order valence-electron chi connectivity index (χ3n) is 2.73. The molecule has 0 saturated heterocycles. The number of nitrogens with two attached hydrogens (primary N) is 1. The summed E-state index contributed by atoms with van der Waals surface area (Å²) in [6, 6.07) is 11.5. The molecule has 0 amide bonds. The van der Waals surface area contributed by atoms with Gasteiger partial charge in [-0.1, -0.05) is 19.1 Å². The van der Waals surface area contributed by atoms with Gasteiger partial charge in [0.1, 0.15) is 11.4 Å². The van der Waals surface area contributed by atoms with E-state index in [2.05, 4.69) is 0 Å². The summed E-state index contributed by atoms with van der Waals surface area (Å²) in [7, 11) is 0. The van der Waals surface area contributed by atoms with Gasteiger partial charge in [0.2, 0.25) is 0 Å². The molecule has 0 atom stereocenters. The van der Waals surface area contributed by atoms with Crippen LogP contribution in [0.3, 0.4) is 0 Å². The number of nitrogens with zero attached hydrogens (tertiary/aromatic N) is 1. The Kier molecular flexibility index (Phi) is 4.61. The van der Waals surface area contributed by atoms with Crippen LogP contribution in [0.4, 0.5) is 11.4 Å². The molecule has 0 aliphatic carbocycles. The van der Waals surface area contributed by atoms with Crippen molar-refractivity contribution < 1.29 is 14.4 Å². The molecule has 0 saturated carbocycles. The fourth-order valence-corrected chi connectivity index (χ4v) is 1.76. The van der Waals surface area contributed by atoms with Crippen molar-refractivity contribution in [2.45, 2.75) is 13.3 Å². The van der Waals surface area contributed by atoms with E-state index in [4.69, 9.17) is 15.2 Å². The molecule has 110 valence electrons. The zero-order valence-corrected chi connectivity index (χ0v) is 11.6. The van der Waals surface area contributed by atoms with E-state index in [0.29, 0.717) is 23.9 Å². The smallest absolute Gasteiger partial charge is 0.292 e. The maximum atomic E-state index is 10.7. The minimum Gasteiger partial charge on any atom is -0.490 e. The maximum Gasteiger partial charge on any atom is 0.292 e. The summed E-state index contributed by atoms with van der Waals surface area (Å²) in [5, 5.41) is 10.7. The number of hydrogen-bond acceptors (Lipinski definition) is 5. The number of hydrogen-bond donors (Lipinski definition) is 1. The predicted octanol–water partition coefficient (Wildman–Crippen LogP) is 3.76. The number of anilines is 1. The van der Waals surface area contributed by atoms with Crippen molar-refractivity contribution >= 4 is 11.4 Å². The lowest BCUT2D eigenvalue weighted by atomic mass is 10.2. The van der Waals surface area contributed by atoms with Gasteiger partial charge in [-0.15, -0.1) is 0 Å². The van der Waals surface area contributed by atoms with E-state index in [-0.39, 0.29) is 11.4 Å². The molecule has 2 N–H and O–H groups in total. The first-order valence-corrected chi connectivity index (χ1v) is 6.55. The van der Waals surface area contributed by atoms with Crippen LogP contribution < -0.4 is 15.2 Å².